The van der Waals surface area contributed by atoms with Crippen molar-refractivity contribution in [2.24, 2.45) is 0 Å². The largest absolute Gasteiger partial charge is 0.306 e. The highest BCUT2D eigenvalue weighted by atomic mass is 15.3. The Bertz CT molecular complexity index is 2140. The van der Waals surface area contributed by atoms with Crippen molar-refractivity contribution in [3.05, 3.63) is 158 Å². The Labute approximate surface area is 245 Å². The zero-order valence-electron chi connectivity index (χ0n) is 22.9. The first kappa shape index (κ1) is 23.1. The van der Waals surface area contributed by atoms with E-state index in [0.717, 1.165) is 5.69 Å². The monoisotopic (exact) mass is 534 g/mol. The van der Waals surface area contributed by atoms with Crippen molar-refractivity contribution in [2.45, 2.75) is 0 Å². The molecule has 9 rings (SSSR count). The Morgan fingerprint density at radius 1 is 0.310 bits per heavy atom. The van der Waals surface area contributed by atoms with E-state index in [9.17, 15) is 0 Å². The second-order valence-electron chi connectivity index (χ2n) is 11.0. The number of rotatable bonds is 2. The van der Waals surface area contributed by atoms with E-state index in [1.54, 1.807) is 0 Å². The molecule has 2 aliphatic heterocycles. The van der Waals surface area contributed by atoms with Crippen molar-refractivity contribution >= 4 is 44.9 Å². The number of para-hydroxylation sites is 2. The molecule has 0 amide bonds. The SMILES string of the molecule is c1ccc(-c2ccc(N3c4cc5ccccc5cc4N4c5ccccc5-c5ccccc5-c5cccc3c54)cc2)cc1. The Balaban J connectivity index is 1.36. The van der Waals surface area contributed by atoms with Crippen LogP contribution in [-0.2, 0) is 0 Å². The number of hydrogen-bond acceptors (Lipinski definition) is 2. The minimum atomic E-state index is 1.14. The molecule has 0 N–H and O–H groups in total. The molecule has 0 atom stereocenters. The van der Waals surface area contributed by atoms with E-state index in [-0.39, 0.29) is 0 Å². The molecule has 42 heavy (non-hydrogen) atoms. The standard InChI is InChI=1S/C40H26N2/c1-2-11-27(12-3-1)28-21-23-31(24-22-28)41-37-20-10-18-35-33-16-7-6-15-32(33)34-17-8-9-19-36(34)42(40(35)37)39-26-30-14-5-4-13-29(30)25-38(39)41/h1-26H. The van der Waals surface area contributed by atoms with Crippen LogP contribution in [0.4, 0.5) is 34.1 Å². The van der Waals surface area contributed by atoms with Crippen molar-refractivity contribution in [3.63, 3.8) is 0 Å². The van der Waals surface area contributed by atoms with Crippen molar-refractivity contribution in [1.82, 2.24) is 0 Å². The summed E-state index contributed by atoms with van der Waals surface area (Å²) in [6.07, 6.45) is 0. The average Bonchev–Trinajstić information content (AvgIpc) is 3.19. The normalized spacial score (nSPS) is 12.7. The quantitative estimate of drug-likeness (QED) is 0.218. The van der Waals surface area contributed by atoms with Crippen LogP contribution in [0.3, 0.4) is 0 Å². The summed E-state index contributed by atoms with van der Waals surface area (Å²) in [7, 11) is 0. The number of hydrogen-bond donors (Lipinski definition) is 0. The molecule has 0 fully saturated rings. The Morgan fingerprint density at radius 3 is 1.57 bits per heavy atom. The molecule has 0 unspecified atom stereocenters. The van der Waals surface area contributed by atoms with Crippen LogP contribution < -0.4 is 9.80 Å². The highest BCUT2D eigenvalue weighted by molar-refractivity contribution is 6.13. The van der Waals surface area contributed by atoms with Gasteiger partial charge in [-0.1, -0.05) is 121 Å². The Hall–Kier alpha value is -5.60. The first-order chi connectivity index (χ1) is 20.8. The third kappa shape index (κ3) is 3.33. The zero-order valence-corrected chi connectivity index (χ0v) is 22.9. The summed E-state index contributed by atoms with van der Waals surface area (Å²) in [5, 5.41) is 2.46. The van der Waals surface area contributed by atoms with Crippen LogP contribution in [0.5, 0.6) is 0 Å². The number of benzene rings is 7. The lowest BCUT2D eigenvalue weighted by Gasteiger charge is -2.41. The maximum absolute atomic E-state index is 2.50. The molecule has 0 radical (unpaired) electrons. The van der Waals surface area contributed by atoms with Crippen LogP contribution in [0.1, 0.15) is 0 Å². The summed E-state index contributed by atoms with van der Waals surface area (Å²) >= 11 is 0. The van der Waals surface area contributed by atoms with Gasteiger partial charge in [0.15, 0.2) is 0 Å². The summed E-state index contributed by atoms with van der Waals surface area (Å²) in [6.45, 7) is 0. The van der Waals surface area contributed by atoms with Crippen molar-refractivity contribution in [1.29, 1.82) is 0 Å². The van der Waals surface area contributed by atoms with E-state index >= 15 is 0 Å². The molecule has 2 heterocycles. The third-order valence-corrected chi connectivity index (χ3v) is 8.69. The smallest absolute Gasteiger partial charge is 0.0782 e. The zero-order chi connectivity index (χ0) is 27.6. The van der Waals surface area contributed by atoms with Crippen LogP contribution in [0.25, 0.3) is 44.2 Å². The van der Waals surface area contributed by atoms with Gasteiger partial charge in [-0.25, -0.2) is 0 Å². The molecule has 7 aromatic rings. The predicted octanol–water partition coefficient (Wildman–Crippen LogP) is 11.4. The van der Waals surface area contributed by atoms with Gasteiger partial charge in [0, 0.05) is 16.8 Å². The van der Waals surface area contributed by atoms with E-state index in [0.29, 0.717) is 0 Å². The minimum absolute atomic E-state index is 1.14. The van der Waals surface area contributed by atoms with Crippen molar-refractivity contribution in [3.8, 4) is 33.4 Å². The molecule has 0 bridgehead atoms. The first-order valence-corrected chi connectivity index (χ1v) is 14.5. The van der Waals surface area contributed by atoms with E-state index in [1.807, 2.05) is 0 Å². The second-order valence-corrected chi connectivity index (χ2v) is 11.0. The van der Waals surface area contributed by atoms with E-state index in [2.05, 4.69) is 168 Å². The molecule has 7 aromatic carbocycles. The van der Waals surface area contributed by atoms with Crippen LogP contribution in [-0.4, -0.2) is 0 Å². The van der Waals surface area contributed by atoms with E-state index < -0.39 is 0 Å². The highest BCUT2D eigenvalue weighted by Gasteiger charge is 2.36. The van der Waals surface area contributed by atoms with Crippen molar-refractivity contribution in [2.75, 3.05) is 9.80 Å². The maximum Gasteiger partial charge on any atom is 0.0782 e. The van der Waals surface area contributed by atoms with E-state index in [1.165, 1.54) is 72.6 Å². The Kier molecular flexibility index (Phi) is 4.93. The Morgan fingerprint density at radius 2 is 0.833 bits per heavy atom. The van der Waals surface area contributed by atoms with Gasteiger partial charge in [0.2, 0.25) is 0 Å². The fourth-order valence-corrected chi connectivity index (χ4v) is 6.80. The third-order valence-electron chi connectivity index (χ3n) is 8.69. The molecule has 0 saturated heterocycles. The molecule has 2 heteroatoms. The molecule has 196 valence electrons. The molecule has 0 saturated carbocycles. The summed E-state index contributed by atoms with van der Waals surface area (Å²) in [5.74, 6) is 0. The number of fused-ring (bicyclic) bond motifs is 8. The average molecular weight is 535 g/mol. The van der Waals surface area contributed by atoms with Gasteiger partial charge in [-0.15, -0.1) is 0 Å². The predicted molar refractivity (Wildman–Crippen MR) is 177 cm³/mol. The van der Waals surface area contributed by atoms with Gasteiger partial charge < -0.3 is 9.80 Å². The molecule has 0 aromatic heterocycles. The summed E-state index contributed by atoms with van der Waals surface area (Å²) in [5.41, 5.74) is 14.5. The highest BCUT2D eigenvalue weighted by Crippen LogP contribution is 2.61. The molecular formula is C40H26N2. The van der Waals surface area contributed by atoms with Crippen LogP contribution in [0.2, 0.25) is 0 Å². The lowest BCUT2D eigenvalue weighted by Crippen LogP contribution is -2.24. The molecule has 2 aliphatic rings. The van der Waals surface area contributed by atoms with Crippen LogP contribution in [0, 0.1) is 0 Å². The molecule has 2 nitrogen and oxygen atoms in total. The van der Waals surface area contributed by atoms with Gasteiger partial charge in [-0.05, 0) is 69.4 Å². The fraction of sp³-hybridized carbons (Fsp3) is 0. The second kappa shape index (κ2) is 8.95. The van der Waals surface area contributed by atoms with Crippen molar-refractivity contribution < 1.29 is 0 Å². The van der Waals surface area contributed by atoms with Gasteiger partial charge >= 0.3 is 0 Å². The van der Waals surface area contributed by atoms with Gasteiger partial charge in [0.05, 0.1) is 28.4 Å². The van der Waals surface area contributed by atoms with Gasteiger partial charge in [0.25, 0.3) is 0 Å². The van der Waals surface area contributed by atoms with Crippen LogP contribution >= 0.6 is 0 Å². The summed E-state index contributed by atoms with van der Waals surface area (Å²) in [6, 6.07) is 57.4. The fourth-order valence-electron chi connectivity index (χ4n) is 6.80. The van der Waals surface area contributed by atoms with Gasteiger partial charge in [0.1, 0.15) is 0 Å². The number of nitrogens with zero attached hydrogens (tertiary/aromatic N) is 2. The molecular weight excluding hydrogens is 508 g/mol. The molecule has 0 spiro atoms. The maximum atomic E-state index is 2.50. The lowest BCUT2D eigenvalue weighted by atomic mass is 9.94. The summed E-state index contributed by atoms with van der Waals surface area (Å²) in [4.78, 5) is 4.94. The topological polar surface area (TPSA) is 6.48 Å². The first-order valence-electron chi connectivity index (χ1n) is 14.5. The molecule has 0 aliphatic carbocycles. The van der Waals surface area contributed by atoms with Gasteiger partial charge in [-0.2, -0.15) is 0 Å². The minimum Gasteiger partial charge on any atom is -0.306 e. The van der Waals surface area contributed by atoms with Crippen LogP contribution in [0.15, 0.2) is 158 Å². The van der Waals surface area contributed by atoms with Gasteiger partial charge in [-0.3, -0.25) is 0 Å². The van der Waals surface area contributed by atoms with E-state index in [4.69, 9.17) is 0 Å². The summed E-state index contributed by atoms with van der Waals surface area (Å²) < 4.78 is 0. The number of anilines is 6. The lowest BCUT2D eigenvalue weighted by molar-refractivity contribution is 1.18.